The number of H-pyrrole nitrogens is 1. The zero-order chi connectivity index (χ0) is 10.7. The predicted octanol–water partition coefficient (Wildman–Crippen LogP) is 2.15. The maximum atomic E-state index is 9.32. The SMILES string of the molecule is NCCCCc1c[nH]c2cc(O)ccc12. The molecule has 1 aromatic carbocycles. The fourth-order valence-electron chi connectivity index (χ4n) is 1.84. The predicted molar refractivity (Wildman–Crippen MR) is 62.0 cm³/mol. The molecule has 0 bridgehead atoms. The first kappa shape index (κ1) is 10.1. The van der Waals surface area contributed by atoms with Crippen molar-refractivity contribution in [2.75, 3.05) is 6.54 Å². The number of rotatable bonds is 4. The number of phenols is 1. The topological polar surface area (TPSA) is 62.0 Å². The molecule has 0 fully saturated rings. The van der Waals surface area contributed by atoms with Crippen LogP contribution in [0.3, 0.4) is 0 Å². The molecule has 3 heteroatoms. The lowest BCUT2D eigenvalue weighted by Gasteiger charge is -1.98. The van der Waals surface area contributed by atoms with Gasteiger partial charge in [0.1, 0.15) is 5.75 Å². The Bertz CT molecular complexity index is 448. The molecule has 0 aliphatic rings. The van der Waals surface area contributed by atoms with Crippen LogP contribution in [-0.4, -0.2) is 16.6 Å². The van der Waals surface area contributed by atoms with Crippen molar-refractivity contribution in [2.24, 2.45) is 5.73 Å². The third-order valence-corrected chi connectivity index (χ3v) is 2.65. The number of unbranched alkanes of at least 4 members (excludes halogenated alkanes) is 1. The number of aromatic amines is 1. The average Bonchev–Trinajstić information content (AvgIpc) is 2.61. The Labute approximate surface area is 88.9 Å². The molecule has 4 N–H and O–H groups in total. The van der Waals surface area contributed by atoms with Gasteiger partial charge >= 0.3 is 0 Å². The van der Waals surface area contributed by atoms with Crippen LogP contribution >= 0.6 is 0 Å². The molecule has 2 aromatic rings. The molecule has 0 aliphatic heterocycles. The summed E-state index contributed by atoms with van der Waals surface area (Å²) in [5.41, 5.74) is 7.76. The van der Waals surface area contributed by atoms with Crippen LogP contribution in [0.4, 0.5) is 0 Å². The Balaban J connectivity index is 2.21. The lowest BCUT2D eigenvalue weighted by Crippen LogP contribution is -1.98. The van der Waals surface area contributed by atoms with E-state index < -0.39 is 0 Å². The van der Waals surface area contributed by atoms with E-state index in [1.54, 1.807) is 12.1 Å². The molecule has 0 spiro atoms. The molecule has 1 heterocycles. The number of fused-ring (bicyclic) bond motifs is 1. The molecular weight excluding hydrogens is 188 g/mol. The van der Waals surface area contributed by atoms with Gasteiger partial charge in [0.25, 0.3) is 0 Å². The molecule has 2 rings (SSSR count). The van der Waals surface area contributed by atoms with Gasteiger partial charge in [-0.3, -0.25) is 0 Å². The molecule has 0 atom stereocenters. The van der Waals surface area contributed by atoms with E-state index in [9.17, 15) is 5.11 Å². The van der Waals surface area contributed by atoms with E-state index in [2.05, 4.69) is 4.98 Å². The van der Waals surface area contributed by atoms with Gasteiger partial charge in [-0.1, -0.05) is 0 Å². The zero-order valence-corrected chi connectivity index (χ0v) is 8.66. The van der Waals surface area contributed by atoms with Crippen molar-refractivity contribution < 1.29 is 5.11 Å². The zero-order valence-electron chi connectivity index (χ0n) is 8.66. The van der Waals surface area contributed by atoms with Crippen LogP contribution in [0.2, 0.25) is 0 Å². The van der Waals surface area contributed by atoms with Crippen molar-refractivity contribution in [1.29, 1.82) is 0 Å². The first-order valence-electron chi connectivity index (χ1n) is 5.30. The lowest BCUT2D eigenvalue weighted by atomic mass is 10.1. The number of aromatic hydroxyl groups is 1. The Morgan fingerprint density at radius 1 is 1.27 bits per heavy atom. The number of hydrogen-bond acceptors (Lipinski definition) is 2. The molecule has 0 radical (unpaired) electrons. The highest BCUT2D eigenvalue weighted by Gasteiger charge is 2.03. The van der Waals surface area contributed by atoms with E-state index in [0.29, 0.717) is 5.75 Å². The summed E-state index contributed by atoms with van der Waals surface area (Å²) in [4.78, 5) is 3.16. The maximum absolute atomic E-state index is 9.32. The van der Waals surface area contributed by atoms with Crippen LogP contribution < -0.4 is 5.73 Å². The van der Waals surface area contributed by atoms with Gasteiger partial charge in [0.05, 0.1) is 0 Å². The van der Waals surface area contributed by atoms with Crippen LogP contribution in [0.25, 0.3) is 10.9 Å². The number of aryl methyl sites for hydroxylation is 1. The summed E-state index contributed by atoms with van der Waals surface area (Å²) in [6, 6.07) is 5.43. The smallest absolute Gasteiger partial charge is 0.117 e. The summed E-state index contributed by atoms with van der Waals surface area (Å²) in [5.74, 6) is 0.304. The molecule has 80 valence electrons. The normalized spacial score (nSPS) is 11.0. The highest BCUT2D eigenvalue weighted by Crippen LogP contribution is 2.23. The summed E-state index contributed by atoms with van der Waals surface area (Å²) in [7, 11) is 0. The Morgan fingerprint density at radius 2 is 2.13 bits per heavy atom. The van der Waals surface area contributed by atoms with Crippen molar-refractivity contribution in [3.05, 3.63) is 30.0 Å². The Morgan fingerprint density at radius 3 is 2.93 bits per heavy atom. The fraction of sp³-hybridized carbons (Fsp3) is 0.333. The summed E-state index contributed by atoms with van der Waals surface area (Å²) >= 11 is 0. The van der Waals surface area contributed by atoms with Crippen molar-refractivity contribution in [2.45, 2.75) is 19.3 Å². The largest absolute Gasteiger partial charge is 0.508 e. The van der Waals surface area contributed by atoms with Gasteiger partial charge in [-0.15, -0.1) is 0 Å². The molecule has 0 saturated heterocycles. The first-order valence-corrected chi connectivity index (χ1v) is 5.30. The van der Waals surface area contributed by atoms with Crippen LogP contribution in [0.5, 0.6) is 5.75 Å². The molecule has 0 unspecified atom stereocenters. The lowest BCUT2D eigenvalue weighted by molar-refractivity contribution is 0.476. The highest BCUT2D eigenvalue weighted by molar-refractivity contribution is 5.84. The standard InChI is InChI=1S/C12H16N2O/c13-6-2-1-3-9-8-14-12-7-10(15)4-5-11(9)12/h4-5,7-8,14-15H,1-3,6,13H2. The van der Waals surface area contributed by atoms with Crippen molar-refractivity contribution >= 4 is 10.9 Å². The molecule has 1 aromatic heterocycles. The van der Waals surface area contributed by atoms with Gasteiger partial charge in [0.2, 0.25) is 0 Å². The Hall–Kier alpha value is -1.48. The van der Waals surface area contributed by atoms with Crippen LogP contribution in [-0.2, 0) is 6.42 Å². The highest BCUT2D eigenvalue weighted by atomic mass is 16.3. The molecule has 0 saturated carbocycles. The number of aromatic nitrogens is 1. The van der Waals surface area contributed by atoms with Crippen molar-refractivity contribution in [3.63, 3.8) is 0 Å². The molecular formula is C12H16N2O. The number of nitrogens with two attached hydrogens (primary N) is 1. The number of phenolic OH excluding ortho intramolecular Hbond substituents is 1. The second-order valence-electron chi connectivity index (χ2n) is 3.79. The van der Waals surface area contributed by atoms with Crippen LogP contribution in [0.15, 0.2) is 24.4 Å². The monoisotopic (exact) mass is 204 g/mol. The van der Waals surface area contributed by atoms with Crippen LogP contribution in [0.1, 0.15) is 18.4 Å². The maximum Gasteiger partial charge on any atom is 0.117 e. The minimum absolute atomic E-state index is 0.304. The number of benzene rings is 1. The molecule has 15 heavy (non-hydrogen) atoms. The van der Waals surface area contributed by atoms with Gasteiger partial charge in [-0.05, 0) is 43.5 Å². The molecule has 3 nitrogen and oxygen atoms in total. The van der Waals surface area contributed by atoms with Crippen molar-refractivity contribution in [3.8, 4) is 5.75 Å². The third-order valence-electron chi connectivity index (χ3n) is 2.65. The van der Waals surface area contributed by atoms with E-state index in [4.69, 9.17) is 5.73 Å². The quantitative estimate of drug-likeness (QED) is 0.668. The minimum Gasteiger partial charge on any atom is -0.508 e. The van der Waals surface area contributed by atoms with E-state index in [0.717, 1.165) is 31.3 Å². The van der Waals surface area contributed by atoms with Crippen LogP contribution in [0, 0.1) is 0 Å². The molecule has 0 aliphatic carbocycles. The van der Waals surface area contributed by atoms with E-state index in [1.165, 1.54) is 10.9 Å². The van der Waals surface area contributed by atoms with Gasteiger partial charge < -0.3 is 15.8 Å². The van der Waals surface area contributed by atoms with Gasteiger partial charge in [0, 0.05) is 23.2 Å². The summed E-state index contributed by atoms with van der Waals surface area (Å²) in [5, 5.41) is 10.5. The van der Waals surface area contributed by atoms with Crippen molar-refractivity contribution in [1.82, 2.24) is 4.98 Å². The fourth-order valence-corrected chi connectivity index (χ4v) is 1.84. The van der Waals surface area contributed by atoms with E-state index in [1.807, 2.05) is 12.3 Å². The number of nitrogens with one attached hydrogen (secondary N) is 1. The van der Waals surface area contributed by atoms with Gasteiger partial charge in [-0.2, -0.15) is 0 Å². The van der Waals surface area contributed by atoms with E-state index in [-0.39, 0.29) is 0 Å². The summed E-state index contributed by atoms with van der Waals surface area (Å²) < 4.78 is 0. The second kappa shape index (κ2) is 4.36. The van der Waals surface area contributed by atoms with Gasteiger partial charge in [-0.25, -0.2) is 0 Å². The average molecular weight is 204 g/mol. The Kier molecular flexibility index (Phi) is 2.92. The summed E-state index contributed by atoms with van der Waals surface area (Å²) in [6.07, 6.45) is 5.23. The molecule has 0 amide bonds. The third kappa shape index (κ3) is 2.13. The summed E-state index contributed by atoms with van der Waals surface area (Å²) in [6.45, 7) is 0.753. The second-order valence-corrected chi connectivity index (χ2v) is 3.79. The first-order chi connectivity index (χ1) is 7.31. The van der Waals surface area contributed by atoms with E-state index >= 15 is 0 Å². The number of hydrogen-bond donors (Lipinski definition) is 3. The van der Waals surface area contributed by atoms with Gasteiger partial charge in [0.15, 0.2) is 0 Å². The minimum atomic E-state index is 0.304.